The highest BCUT2D eigenvalue weighted by molar-refractivity contribution is 6.32. The molecule has 0 aliphatic carbocycles. The summed E-state index contributed by atoms with van der Waals surface area (Å²) >= 11 is 5.82. The van der Waals surface area contributed by atoms with E-state index < -0.39 is 12.0 Å². The van der Waals surface area contributed by atoms with E-state index in [4.69, 9.17) is 22.4 Å². The number of phenolic OH excluding ortho intramolecular Hbond substituents is 1. The lowest BCUT2D eigenvalue weighted by Crippen LogP contribution is -2.16. The summed E-state index contributed by atoms with van der Waals surface area (Å²) in [5, 5.41) is 18.6. The zero-order chi connectivity index (χ0) is 12.5. The number of carbonyl (C=O) groups is 1. The molecule has 0 aliphatic heterocycles. The second-order valence-corrected chi connectivity index (χ2v) is 4.17. The molecule has 1 aromatic carbocycles. The summed E-state index contributed by atoms with van der Waals surface area (Å²) < 4.78 is 0. The van der Waals surface area contributed by atoms with Gasteiger partial charge < -0.3 is 15.9 Å². The number of aromatic hydroxyl groups is 1. The van der Waals surface area contributed by atoms with Gasteiger partial charge in [0.15, 0.2) is 0 Å². The van der Waals surface area contributed by atoms with Crippen LogP contribution in [0, 0.1) is 13.8 Å². The molecule has 0 spiro atoms. The van der Waals surface area contributed by atoms with Gasteiger partial charge in [-0.15, -0.1) is 0 Å². The number of phenols is 1. The Morgan fingerprint density at radius 1 is 1.56 bits per heavy atom. The highest BCUT2D eigenvalue weighted by atomic mass is 35.5. The molecule has 0 fully saturated rings. The Kier molecular flexibility index (Phi) is 3.78. The van der Waals surface area contributed by atoms with Crippen LogP contribution >= 0.6 is 11.6 Å². The van der Waals surface area contributed by atoms with Crippen LogP contribution in [0.2, 0.25) is 5.02 Å². The quantitative estimate of drug-likeness (QED) is 0.760. The summed E-state index contributed by atoms with van der Waals surface area (Å²) in [4.78, 5) is 10.6. The molecule has 0 saturated heterocycles. The maximum atomic E-state index is 10.6. The number of benzene rings is 1. The smallest absolute Gasteiger partial charge is 0.305 e. The van der Waals surface area contributed by atoms with Gasteiger partial charge in [0.2, 0.25) is 0 Å². The Morgan fingerprint density at radius 3 is 2.62 bits per heavy atom. The van der Waals surface area contributed by atoms with Crippen molar-refractivity contribution in [1.29, 1.82) is 0 Å². The van der Waals surface area contributed by atoms with Gasteiger partial charge in [-0.25, -0.2) is 0 Å². The fourth-order valence-electron chi connectivity index (χ4n) is 1.63. The topological polar surface area (TPSA) is 83.5 Å². The van der Waals surface area contributed by atoms with Crippen molar-refractivity contribution in [1.82, 2.24) is 0 Å². The molecule has 4 N–H and O–H groups in total. The van der Waals surface area contributed by atoms with E-state index in [-0.39, 0.29) is 17.2 Å². The third-order valence-corrected chi connectivity index (χ3v) is 2.87. The normalized spacial score (nSPS) is 12.5. The molecule has 1 atom stereocenters. The van der Waals surface area contributed by atoms with E-state index in [0.29, 0.717) is 5.56 Å². The van der Waals surface area contributed by atoms with Crippen LogP contribution < -0.4 is 5.73 Å². The largest absolute Gasteiger partial charge is 0.506 e. The molecule has 16 heavy (non-hydrogen) atoms. The van der Waals surface area contributed by atoms with Gasteiger partial charge in [-0.2, -0.15) is 0 Å². The van der Waals surface area contributed by atoms with E-state index in [1.165, 1.54) is 0 Å². The Labute approximate surface area is 98.6 Å². The summed E-state index contributed by atoms with van der Waals surface area (Å²) in [5.41, 5.74) is 7.79. The van der Waals surface area contributed by atoms with Crippen LogP contribution in [-0.4, -0.2) is 16.2 Å². The van der Waals surface area contributed by atoms with Crippen molar-refractivity contribution in [3.05, 3.63) is 27.8 Å². The number of halogens is 1. The van der Waals surface area contributed by atoms with Crippen LogP contribution in [0.3, 0.4) is 0 Å². The molecule has 0 saturated carbocycles. The van der Waals surface area contributed by atoms with Crippen molar-refractivity contribution >= 4 is 17.6 Å². The molecule has 0 bridgehead atoms. The zero-order valence-corrected chi connectivity index (χ0v) is 9.88. The summed E-state index contributed by atoms with van der Waals surface area (Å²) in [7, 11) is 0. The van der Waals surface area contributed by atoms with Gasteiger partial charge >= 0.3 is 5.97 Å². The van der Waals surface area contributed by atoms with Crippen LogP contribution in [0.1, 0.15) is 29.2 Å². The average Bonchev–Trinajstić information content (AvgIpc) is 2.14. The summed E-state index contributed by atoms with van der Waals surface area (Å²) in [6, 6.07) is 0.873. The van der Waals surface area contributed by atoms with Crippen LogP contribution in [0.15, 0.2) is 6.07 Å². The summed E-state index contributed by atoms with van der Waals surface area (Å²) in [6.45, 7) is 3.61. The van der Waals surface area contributed by atoms with Crippen molar-refractivity contribution in [2.75, 3.05) is 0 Å². The first-order valence-electron chi connectivity index (χ1n) is 4.80. The number of carboxylic acids is 1. The fourth-order valence-corrected chi connectivity index (χ4v) is 1.89. The molecule has 1 rings (SSSR count). The summed E-state index contributed by atoms with van der Waals surface area (Å²) in [5.74, 6) is -1.14. The van der Waals surface area contributed by atoms with Crippen LogP contribution in [0.5, 0.6) is 5.75 Å². The van der Waals surface area contributed by atoms with E-state index in [1.807, 2.05) is 6.92 Å². The minimum Gasteiger partial charge on any atom is -0.506 e. The SMILES string of the molecule is Cc1cc(Cl)c(O)c(C(N)CC(=O)O)c1C. The van der Waals surface area contributed by atoms with E-state index in [0.717, 1.165) is 11.1 Å². The zero-order valence-electron chi connectivity index (χ0n) is 9.12. The predicted octanol–water partition coefficient (Wildman–Crippen LogP) is 2.14. The second-order valence-electron chi connectivity index (χ2n) is 3.77. The molecule has 5 heteroatoms. The molecular formula is C11H14ClNO3. The first kappa shape index (κ1) is 12.8. The number of hydrogen-bond acceptors (Lipinski definition) is 3. The van der Waals surface area contributed by atoms with E-state index >= 15 is 0 Å². The molecule has 1 unspecified atom stereocenters. The highest BCUT2D eigenvalue weighted by Gasteiger charge is 2.20. The first-order chi connectivity index (χ1) is 7.34. The average molecular weight is 244 g/mol. The van der Waals surface area contributed by atoms with Gasteiger partial charge in [0, 0.05) is 11.6 Å². The maximum Gasteiger partial charge on any atom is 0.305 e. The standard InChI is InChI=1S/C11H14ClNO3/c1-5-3-7(12)11(16)10(6(5)2)8(13)4-9(14)15/h3,8,16H,4,13H2,1-2H3,(H,14,15). The van der Waals surface area contributed by atoms with Gasteiger partial charge in [0.05, 0.1) is 11.4 Å². The van der Waals surface area contributed by atoms with Crippen LogP contribution in [-0.2, 0) is 4.79 Å². The minimum atomic E-state index is -1.01. The molecule has 4 nitrogen and oxygen atoms in total. The number of carboxylic acid groups (broad SMARTS) is 1. The molecule has 0 heterocycles. The lowest BCUT2D eigenvalue weighted by Gasteiger charge is -2.17. The third kappa shape index (κ3) is 2.46. The second kappa shape index (κ2) is 4.72. The number of nitrogens with two attached hydrogens (primary N) is 1. The van der Waals surface area contributed by atoms with Gasteiger partial charge in [-0.05, 0) is 31.0 Å². The fraction of sp³-hybridized carbons (Fsp3) is 0.364. The number of rotatable bonds is 3. The first-order valence-corrected chi connectivity index (χ1v) is 5.18. The van der Waals surface area contributed by atoms with Crippen molar-refractivity contribution in [2.45, 2.75) is 26.3 Å². The van der Waals surface area contributed by atoms with Gasteiger partial charge in [-0.3, -0.25) is 4.79 Å². The third-order valence-electron chi connectivity index (χ3n) is 2.59. The van der Waals surface area contributed by atoms with Crippen LogP contribution in [0.4, 0.5) is 0 Å². The Bertz CT molecular complexity index is 405. The Hall–Kier alpha value is -1.26. The molecule has 1 aromatic rings. The molecular weight excluding hydrogens is 230 g/mol. The lowest BCUT2D eigenvalue weighted by atomic mass is 9.95. The van der Waals surface area contributed by atoms with E-state index in [9.17, 15) is 9.90 Å². The number of hydrogen-bond donors (Lipinski definition) is 3. The molecule has 0 radical (unpaired) electrons. The van der Waals surface area contributed by atoms with Gasteiger partial charge in [-0.1, -0.05) is 11.6 Å². The molecule has 0 aliphatic rings. The van der Waals surface area contributed by atoms with Crippen molar-refractivity contribution in [3.8, 4) is 5.75 Å². The predicted molar refractivity (Wildman–Crippen MR) is 61.8 cm³/mol. The Morgan fingerprint density at radius 2 is 2.12 bits per heavy atom. The summed E-state index contributed by atoms with van der Waals surface area (Å²) in [6.07, 6.45) is -0.242. The Balaban J connectivity index is 3.26. The van der Waals surface area contributed by atoms with Gasteiger partial charge in [0.1, 0.15) is 5.75 Å². The number of aliphatic carboxylic acids is 1. The number of aryl methyl sites for hydroxylation is 1. The van der Waals surface area contributed by atoms with Gasteiger partial charge in [0.25, 0.3) is 0 Å². The van der Waals surface area contributed by atoms with Crippen molar-refractivity contribution in [3.63, 3.8) is 0 Å². The molecule has 88 valence electrons. The monoisotopic (exact) mass is 243 g/mol. The molecule has 0 aromatic heterocycles. The van der Waals surface area contributed by atoms with E-state index in [1.54, 1.807) is 13.0 Å². The van der Waals surface area contributed by atoms with E-state index in [2.05, 4.69) is 0 Å². The molecule has 0 amide bonds. The minimum absolute atomic E-state index is 0.126. The van der Waals surface area contributed by atoms with Crippen molar-refractivity contribution < 1.29 is 15.0 Å². The van der Waals surface area contributed by atoms with Crippen molar-refractivity contribution in [2.24, 2.45) is 5.73 Å². The highest BCUT2D eigenvalue weighted by Crippen LogP contribution is 2.36. The van der Waals surface area contributed by atoms with Crippen LogP contribution in [0.25, 0.3) is 0 Å². The lowest BCUT2D eigenvalue weighted by molar-refractivity contribution is -0.137. The maximum absolute atomic E-state index is 10.6.